The van der Waals surface area contributed by atoms with E-state index in [9.17, 15) is 14.7 Å². The SMILES string of the molecule is COC(=O)C(C)(Cc1ccc(C)c(C)c1)C(=O)O. The standard InChI is InChI=1S/C14H18O4/c1-9-5-6-11(7-10(9)2)8-14(3,12(15)16)13(17)18-4/h5-7H,8H2,1-4H3,(H,15,16). The van der Waals surface area contributed by atoms with E-state index in [0.717, 1.165) is 16.7 Å². The summed E-state index contributed by atoms with van der Waals surface area (Å²) in [6.07, 6.45) is 0.121. The highest BCUT2D eigenvalue weighted by Crippen LogP contribution is 2.25. The maximum Gasteiger partial charge on any atom is 0.323 e. The first-order chi connectivity index (χ1) is 8.31. The van der Waals surface area contributed by atoms with E-state index < -0.39 is 17.4 Å². The van der Waals surface area contributed by atoms with Crippen LogP contribution in [0.2, 0.25) is 0 Å². The molecule has 4 heteroatoms. The third kappa shape index (κ3) is 2.70. The lowest BCUT2D eigenvalue weighted by Crippen LogP contribution is -2.39. The zero-order chi connectivity index (χ0) is 13.9. The Balaban J connectivity index is 3.08. The Kier molecular flexibility index (Phi) is 4.11. The second kappa shape index (κ2) is 5.21. The fourth-order valence-corrected chi connectivity index (χ4v) is 1.78. The van der Waals surface area contributed by atoms with Crippen molar-refractivity contribution in [3.63, 3.8) is 0 Å². The molecule has 0 saturated heterocycles. The van der Waals surface area contributed by atoms with Gasteiger partial charge in [-0.15, -0.1) is 0 Å². The van der Waals surface area contributed by atoms with Crippen LogP contribution in [0.5, 0.6) is 0 Å². The van der Waals surface area contributed by atoms with Crippen molar-refractivity contribution in [3.8, 4) is 0 Å². The highest BCUT2D eigenvalue weighted by atomic mass is 16.5. The Bertz CT molecular complexity index is 479. The molecule has 1 atom stereocenters. The van der Waals surface area contributed by atoms with Gasteiger partial charge in [-0.25, -0.2) is 0 Å². The predicted molar refractivity (Wildman–Crippen MR) is 67.4 cm³/mol. The number of carbonyl (C=O) groups excluding carboxylic acids is 1. The van der Waals surface area contributed by atoms with E-state index in [4.69, 9.17) is 0 Å². The van der Waals surface area contributed by atoms with Crippen LogP contribution in [0.15, 0.2) is 18.2 Å². The molecular weight excluding hydrogens is 232 g/mol. The van der Waals surface area contributed by atoms with E-state index >= 15 is 0 Å². The second-order valence-corrected chi connectivity index (χ2v) is 4.72. The van der Waals surface area contributed by atoms with Crippen LogP contribution in [0.25, 0.3) is 0 Å². The van der Waals surface area contributed by atoms with Crippen LogP contribution in [0.1, 0.15) is 23.6 Å². The summed E-state index contributed by atoms with van der Waals surface area (Å²) in [5.41, 5.74) is 1.48. The lowest BCUT2D eigenvalue weighted by atomic mass is 9.83. The third-order valence-electron chi connectivity index (χ3n) is 3.24. The minimum atomic E-state index is -1.55. The molecule has 0 aliphatic heterocycles. The van der Waals surface area contributed by atoms with E-state index in [2.05, 4.69) is 4.74 Å². The van der Waals surface area contributed by atoms with Gasteiger partial charge in [0.15, 0.2) is 5.41 Å². The molecule has 0 spiro atoms. The van der Waals surface area contributed by atoms with Gasteiger partial charge in [0.05, 0.1) is 7.11 Å². The normalized spacial score (nSPS) is 13.8. The van der Waals surface area contributed by atoms with Crippen molar-refractivity contribution in [1.82, 2.24) is 0 Å². The second-order valence-electron chi connectivity index (χ2n) is 4.72. The molecule has 1 N–H and O–H groups in total. The number of carboxylic acid groups (broad SMARTS) is 1. The van der Waals surface area contributed by atoms with E-state index in [1.54, 1.807) is 0 Å². The Morgan fingerprint density at radius 2 is 1.89 bits per heavy atom. The molecule has 0 aromatic heterocycles. The molecule has 0 radical (unpaired) electrons. The van der Waals surface area contributed by atoms with Gasteiger partial charge in [-0.1, -0.05) is 18.2 Å². The Hall–Kier alpha value is -1.84. The molecule has 0 fully saturated rings. The summed E-state index contributed by atoms with van der Waals surface area (Å²) in [7, 11) is 1.20. The van der Waals surface area contributed by atoms with E-state index in [1.807, 2.05) is 32.0 Å². The Labute approximate surface area is 107 Å². The van der Waals surface area contributed by atoms with Crippen LogP contribution in [-0.4, -0.2) is 24.2 Å². The smallest absolute Gasteiger partial charge is 0.323 e. The first-order valence-corrected chi connectivity index (χ1v) is 5.69. The van der Waals surface area contributed by atoms with Crippen molar-refractivity contribution in [3.05, 3.63) is 34.9 Å². The molecule has 1 aromatic rings. The number of benzene rings is 1. The van der Waals surface area contributed by atoms with Crippen LogP contribution >= 0.6 is 0 Å². The number of ether oxygens (including phenoxy) is 1. The third-order valence-corrected chi connectivity index (χ3v) is 3.24. The number of aliphatic carboxylic acids is 1. The minimum Gasteiger partial charge on any atom is -0.480 e. The largest absolute Gasteiger partial charge is 0.480 e. The van der Waals surface area contributed by atoms with Crippen molar-refractivity contribution in [1.29, 1.82) is 0 Å². The zero-order valence-electron chi connectivity index (χ0n) is 11.1. The highest BCUT2D eigenvalue weighted by molar-refractivity contribution is 5.98. The first-order valence-electron chi connectivity index (χ1n) is 5.69. The Morgan fingerprint density at radius 3 is 2.33 bits per heavy atom. The first kappa shape index (κ1) is 14.2. The lowest BCUT2D eigenvalue weighted by Gasteiger charge is -2.22. The van der Waals surface area contributed by atoms with Crippen LogP contribution in [0, 0.1) is 19.3 Å². The molecule has 0 heterocycles. The average Bonchev–Trinajstić information content (AvgIpc) is 2.32. The van der Waals surface area contributed by atoms with Crippen LogP contribution in [-0.2, 0) is 20.7 Å². The quantitative estimate of drug-likeness (QED) is 0.656. The molecule has 0 aliphatic rings. The molecular formula is C14H18O4. The number of rotatable bonds is 4. The van der Waals surface area contributed by atoms with E-state index in [0.29, 0.717) is 0 Å². The molecule has 0 aliphatic carbocycles. The van der Waals surface area contributed by atoms with Crippen molar-refractivity contribution in [2.75, 3.05) is 7.11 Å². The number of carbonyl (C=O) groups is 2. The fraction of sp³-hybridized carbons (Fsp3) is 0.429. The summed E-state index contributed by atoms with van der Waals surface area (Å²) in [6, 6.07) is 5.66. The molecule has 98 valence electrons. The van der Waals surface area contributed by atoms with Crippen LogP contribution in [0.3, 0.4) is 0 Å². The zero-order valence-corrected chi connectivity index (χ0v) is 11.1. The summed E-state index contributed by atoms with van der Waals surface area (Å²) < 4.78 is 4.58. The minimum absolute atomic E-state index is 0.121. The monoisotopic (exact) mass is 250 g/mol. The Morgan fingerprint density at radius 1 is 1.28 bits per heavy atom. The number of carboxylic acids is 1. The molecule has 0 amide bonds. The van der Waals surface area contributed by atoms with Gasteiger partial charge in [-0.05, 0) is 43.9 Å². The summed E-state index contributed by atoms with van der Waals surface area (Å²) >= 11 is 0. The van der Waals surface area contributed by atoms with Crippen LogP contribution < -0.4 is 0 Å². The number of hydrogen-bond acceptors (Lipinski definition) is 3. The molecule has 0 saturated carbocycles. The van der Waals surface area contributed by atoms with Crippen molar-refractivity contribution < 1.29 is 19.4 Å². The molecule has 1 rings (SSSR count). The van der Waals surface area contributed by atoms with Gasteiger partial charge in [0.1, 0.15) is 0 Å². The van der Waals surface area contributed by atoms with Crippen molar-refractivity contribution in [2.45, 2.75) is 27.2 Å². The van der Waals surface area contributed by atoms with Gasteiger partial charge < -0.3 is 9.84 Å². The number of esters is 1. The molecule has 1 unspecified atom stereocenters. The summed E-state index contributed by atoms with van der Waals surface area (Å²) in [6.45, 7) is 5.32. The predicted octanol–water partition coefficient (Wildman–Crippen LogP) is 2.11. The van der Waals surface area contributed by atoms with Crippen molar-refractivity contribution >= 4 is 11.9 Å². The maximum atomic E-state index is 11.6. The van der Waals surface area contributed by atoms with Gasteiger partial charge in [0, 0.05) is 0 Å². The topological polar surface area (TPSA) is 63.6 Å². The van der Waals surface area contributed by atoms with Gasteiger partial charge in [0.2, 0.25) is 0 Å². The maximum absolute atomic E-state index is 11.6. The lowest BCUT2D eigenvalue weighted by molar-refractivity contribution is -0.165. The van der Waals surface area contributed by atoms with E-state index in [-0.39, 0.29) is 6.42 Å². The molecule has 4 nitrogen and oxygen atoms in total. The summed E-state index contributed by atoms with van der Waals surface area (Å²) in [5, 5.41) is 9.22. The van der Waals surface area contributed by atoms with Gasteiger partial charge in [-0.3, -0.25) is 9.59 Å². The summed E-state index contributed by atoms with van der Waals surface area (Å²) in [5.74, 6) is -1.90. The van der Waals surface area contributed by atoms with Gasteiger partial charge in [0.25, 0.3) is 0 Å². The van der Waals surface area contributed by atoms with Gasteiger partial charge >= 0.3 is 11.9 Å². The van der Waals surface area contributed by atoms with Crippen molar-refractivity contribution in [2.24, 2.45) is 5.41 Å². The van der Waals surface area contributed by atoms with E-state index in [1.165, 1.54) is 14.0 Å². The highest BCUT2D eigenvalue weighted by Gasteiger charge is 2.42. The fourth-order valence-electron chi connectivity index (χ4n) is 1.78. The number of methoxy groups -OCH3 is 1. The molecule has 1 aromatic carbocycles. The molecule has 18 heavy (non-hydrogen) atoms. The summed E-state index contributed by atoms with van der Waals surface area (Å²) in [4.78, 5) is 22.9. The molecule has 0 bridgehead atoms. The average molecular weight is 250 g/mol. The van der Waals surface area contributed by atoms with Gasteiger partial charge in [-0.2, -0.15) is 0 Å². The number of hydrogen-bond donors (Lipinski definition) is 1. The van der Waals surface area contributed by atoms with Crippen LogP contribution in [0.4, 0.5) is 0 Å². The number of aryl methyl sites for hydroxylation is 2.